The van der Waals surface area contributed by atoms with E-state index >= 15 is 0 Å². The first-order valence-electron chi connectivity index (χ1n) is 10.4. The van der Waals surface area contributed by atoms with Crippen molar-refractivity contribution in [1.29, 1.82) is 0 Å². The Labute approximate surface area is 167 Å². The molecule has 1 amide bonds. The van der Waals surface area contributed by atoms with E-state index in [1.54, 1.807) is 11.3 Å². The fourth-order valence-corrected chi connectivity index (χ4v) is 7.41. The lowest BCUT2D eigenvalue weighted by Crippen LogP contribution is -2.48. The number of nitrogens with one attached hydrogen (secondary N) is 1. The van der Waals surface area contributed by atoms with E-state index in [4.69, 9.17) is 9.15 Å². The molecule has 3 heterocycles. The van der Waals surface area contributed by atoms with Crippen molar-refractivity contribution in [3.8, 4) is 0 Å². The Kier molecular flexibility index (Phi) is 3.88. The molecule has 1 saturated heterocycles. The minimum atomic E-state index is -0.299. The van der Waals surface area contributed by atoms with Crippen molar-refractivity contribution in [3.05, 3.63) is 22.9 Å². The number of rotatable bonds is 4. The summed E-state index contributed by atoms with van der Waals surface area (Å²) in [6.45, 7) is 0.692. The molecule has 2 aromatic rings. The van der Waals surface area contributed by atoms with Crippen LogP contribution in [0.2, 0.25) is 0 Å². The highest BCUT2D eigenvalue weighted by molar-refractivity contribution is 7.15. The number of hydrogen-bond acceptors (Lipinski definition) is 7. The Morgan fingerprint density at radius 1 is 1.14 bits per heavy atom. The van der Waals surface area contributed by atoms with Crippen LogP contribution in [0.4, 0.5) is 5.13 Å². The average molecular weight is 401 g/mol. The molecule has 0 radical (unpaired) electrons. The molecule has 1 atom stereocenters. The SMILES string of the molecule is O=C(Nc1nnc(C23CC4CC(CC(C4)C2)C3)s1)c1ncoc1C1CCCO1. The third-order valence-corrected chi connectivity index (χ3v) is 8.25. The van der Waals surface area contributed by atoms with Gasteiger partial charge < -0.3 is 9.15 Å². The molecule has 4 aliphatic carbocycles. The van der Waals surface area contributed by atoms with Crippen LogP contribution < -0.4 is 5.32 Å². The second-order valence-corrected chi connectivity index (χ2v) is 10.1. The highest BCUT2D eigenvalue weighted by atomic mass is 32.1. The summed E-state index contributed by atoms with van der Waals surface area (Å²) in [6.07, 6.45) is 10.9. The van der Waals surface area contributed by atoms with Crippen molar-refractivity contribution in [1.82, 2.24) is 15.2 Å². The van der Waals surface area contributed by atoms with E-state index in [-0.39, 0.29) is 17.4 Å². The average Bonchev–Trinajstić information content (AvgIpc) is 3.41. The van der Waals surface area contributed by atoms with Crippen LogP contribution in [0, 0.1) is 17.8 Å². The second kappa shape index (κ2) is 6.35. The number of amides is 1. The van der Waals surface area contributed by atoms with Crippen molar-refractivity contribution >= 4 is 22.4 Å². The van der Waals surface area contributed by atoms with E-state index in [1.165, 1.54) is 44.9 Å². The molecular formula is C20H24N4O3S. The van der Waals surface area contributed by atoms with E-state index < -0.39 is 0 Å². The fraction of sp³-hybridized carbons (Fsp3) is 0.700. The molecule has 2 aromatic heterocycles. The molecule has 7 rings (SSSR count). The molecular weight excluding hydrogens is 376 g/mol. The number of carbonyl (C=O) groups is 1. The van der Waals surface area contributed by atoms with E-state index in [2.05, 4.69) is 20.5 Å². The van der Waals surface area contributed by atoms with Crippen LogP contribution in [-0.4, -0.2) is 27.7 Å². The molecule has 1 N–H and O–H groups in total. The van der Waals surface area contributed by atoms with Gasteiger partial charge in [-0.05, 0) is 69.1 Å². The van der Waals surface area contributed by atoms with Gasteiger partial charge in [0, 0.05) is 12.0 Å². The van der Waals surface area contributed by atoms with Crippen molar-refractivity contribution in [3.63, 3.8) is 0 Å². The third kappa shape index (κ3) is 2.72. The summed E-state index contributed by atoms with van der Waals surface area (Å²) in [5.41, 5.74) is 0.491. The lowest BCUT2D eigenvalue weighted by atomic mass is 9.50. The largest absolute Gasteiger partial charge is 0.445 e. The van der Waals surface area contributed by atoms with Crippen LogP contribution in [0.5, 0.6) is 0 Å². The number of carbonyl (C=O) groups excluding carboxylic acids is 1. The molecule has 5 fully saturated rings. The molecule has 1 unspecified atom stereocenters. The van der Waals surface area contributed by atoms with E-state index in [0.29, 0.717) is 23.2 Å². The smallest absolute Gasteiger partial charge is 0.279 e. The van der Waals surface area contributed by atoms with Gasteiger partial charge in [0.1, 0.15) is 11.1 Å². The highest BCUT2D eigenvalue weighted by Gasteiger charge is 2.53. The highest BCUT2D eigenvalue weighted by Crippen LogP contribution is 2.61. The topological polar surface area (TPSA) is 90.1 Å². The summed E-state index contributed by atoms with van der Waals surface area (Å²) in [4.78, 5) is 16.9. The third-order valence-electron chi connectivity index (χ3n) is 7.17. The zero-order valence-electron chi connectivity index (χ0n) is 15.7. The molecule has 8 heteroatoms. The summed E-state index contributed by atoms with van der Waals surface area (Å²) < 4.78 is 11.1. The van der Waals surface area contributed by atoms with Gasteiger partial charge in [0.15, 0.2) is 17.8 Å². The summed E-state index contributed by atoms with van der Waals surface area (Å²) in [5.74, 6) is 2.79. The summed E-state index contributed by atoms with van der Waals surface area (Å²) in [7, 11) is 0. The first kappa shape index (κ1) is 17.1. The maximum Gasteiger partial charge on any atom is 0.279 e. The summed E-state index contributed by atoms with van der Waals surface area (Å²) >= 11 is 1.54. The zero-order chi connectivity index (χ0) is 18.7. The summed E-state index contributed by atoms with van der Waals surface area (Å²) in [5, 5.41) is 13.4. The standard InChI is InChI=1S/C20H24N4O3S/c25-17(15-16(27-10-21-15)14-2-1-3-26-14)22-19-24-23-18(28-19)20-7-11-4-12(8-20)6-13(5-11)9-20/h10-14H,1-9H2,(H,22,24,25). The maximum atomic E-state index is 12.8. The van der Waals surface area contributed by atoms with Crippen molar-refractivity contribution < 1.29 is 13.9 Å². The van der Waals surface area contributed by atoms with Gasteiger partial charge in [-0.3, -0.25) is 10.1 Å². The quantitative estimate of drug-likeness (QED) is 0.831. The zero-order valence-corrected chi connectivity index (χ0v) is 16.5. The van der Waals surface area contributed by atoms with E-state index in [1.807, 2.05) is 0 Å². The van der Waals surface area contributed by atoms with E-state index in [0.717, 1.165) is 35.6 Å². The molecule has 1 aliphatic heterocycles. The molecule has 5 aliphatic rings. The lowest BCUT2D eigenvalue weighted by molar-refractivity contribution is -0.00555. The predicted octanol–water partition coefficient (Wildman–Crippen LogP) is 4.10. The normalized spacial score (nSPS) is 36.1. The van der Waals surface area contributed by atoms with Crippen LogP contribution in [0.3, 0.4) is 0 Å². The molecule has 7 nitrogen and oxygen atoms in total. The van der Waals surface area contributed by atoms with Gasteiger partial charge >= 0.3 is 0 Å². The fourth-order valence-electron chi connectivity index (χ4n) is 6.46. The molecule has 148 valence electrons. The Bertz CT molecular complexity index is 866. The Balaban J connectivity index is 1.21. The van der Waals surface area contributed by atoms with Gasteiger partial charge in [-0.15, -0.1) is 10.2 Å². The molecule has 4 saturated carbocycles. The molecule has 0 aromatic carbocycles. The minimum absolute atomic E-state index is 0.180. The van der Waals surface area contributed by atoms with Crippen molar-refractivity contribution in [2.45, 2.75) is 62.9 Å². The minimum Gasteiger partial charge on any atom is -0.445 e. The van der Waals surface area contributed by atoms with Crippen LogP contribution in [0.25, 0.3) is 0 Å². The first-order valence-corrected chi connectivity index (χ1v) is 11.2. The number of aromatic nitrogens is 3. The van der Waals surface area contributed by atoms with Gasteiger partial charge in [0.2, 0.25) is 5.13 Å². The number of nitrogens with zero attached hydrogens (tertiary/aromatic N) is 3. The monoisotopic (exact) mass is 400 g/mol. The number of ether oxygens (including phenoxy) is 1. The molecule has 0 spiro atoms. The second-order valence-electron chi connectivity index (χ2n) is 9.13. The molecule has 28 heavy (non-hydrogen) atoms. The summed E-state index contributed by atoms with van der Waals surface area (Å²) in [6, 6.07) is 0. The van der Waals surface area contributed by atoms with Gasteiger partial charge in [0.25, 0.3) is 5.91 Å². The Morgan fingerprint density at radius 2 is 1.89 bits per heavy atom. The lowest BCUT2D eigenvalue weighted by Gasteiger charge is -2.55. The first-order chi connectivity index (χ1) is 13.7. The van der Waals surface area contributed by atoms with Crippen molar-refractivity contribution in [2.75, 3.05) is 11.9 Å². The molecule has 4 bridgehead atoms. The number of oxazole rings is 1. The number of hydrogen-bond donors (Lipinski definition) is 1. The van der Waals surface area contributed by atoms with Crippen LogP contribution >= 0.6 is 11.3 Å². The van der Waals surface area contributed by atoms with Crippen LogP contribution in [0.15, 0.2) is 10.8 Å². The number of anilines is 1. The van der Waals surface area contributed by atoms with Crippen molar-refractivity contribution in [2.24, 2.45) is 17.8 Å². The van der Waals surface area contributed by atoms with Gasteiger partial charge in [-0.2, -0.15) is 0 Å². The van der Waals surface area contributed by atoms with Crippen LogP contribution in [0.1, 0.15) is 78.7 Å². The van der Waals surface area contributed by atoms with Gasteiger partial charge in [0.05, 0.1) is 0 Å². The van der Waals surface area contributed by atoms with Crippen LogP contribution in [-0.2, 0) is 10.2 Å². The Hall–Kier alpha value is -1.80. The van der Waals surface area contributed by atoms with Gasteiger partial charge in [-0.25, -0.2) is 4.98 Å². The maximum absolute atomic E-state index is 12.8. The van der Waals surface area contributed by atoms with E-state index in [9.17, 15) is 4.79 Å². The Morgan fingerprint density at radius 3 is 2.57 bits per heavy atom. The predicted molar refractivity (Wildman–Crippen MR) is 102 cm³/mol. The van der Waals surface area contributed by atoms with Gasteiger partial charge in [-0.1, -0.05) is 11.3 Å².